The van der Waals surface area contributed by atoms with E-state index in [1.54, 1.807) is 24.3 Å². The Hall–Kier alpha value is -2.73. The minimum Gasteiger partial charge on any atom is -0.491 e. The van der Waals surface area contributed by atoms with Crippen molar-refractivity contribution in [1.82, 2.24) is 4.90 Å². The fourth-order valence-corrected chi connectivity index (χ4v) is 1.42. The van der Waals surface area contributed by atoms with E-state index in [0.717, 1.165) is 0 Å². The van der Waals surface area contributed by atoms with Crippen LogP contribution in [0.15, 0.2) is 24.3 Å². The summed E-state index contributed by atoms with van der Waals surface area (Å²) in [7, 11) is 0. The van der Waals surface area contributed by atoms with Crippen LogP contribution in [-0.2, 0) is 4.79 Å². The molecule has 0 bridgehead atoms. The Kier molecular flexibility index (Phi) is 5.71. The summed E-state index contributed by atoms with van der Waals surface area (Å²) in [4.78, 5) is 12.9. The van der Waals surface area contributed by atoms with Crippen molar-refractivity contribution in [2.24, 2.45) is 0 Å². The van der Waals surface area contributed by atoms with Crippen molar-refractivity contribution in [2.45, 2.75) is 6.42 Å². The minimum atomic E-state index is -0.294. The number of nitriles is 2. The number of nitrogen functional groups attached to an aromatic ring is 1. The average molecular weight is 258 g/mol. The second kappa shape index (κ2) is 7.57. The number of amides is 1. The van der Waals surface area contributed by atoms with Crippen LogP contribution in [0.25, 0.3) is 0 Å². The molecule has 1 rings (SSSR count). The molecule has 6 nitrogen and oxygen atoms in total. The molecular formula is C13H14N4O2. The molecule has 1 aromatic carbocycles. The van der Waals surface area contributed by atoms with E-state index in [9.17, 15) is 4.79 Å². The van der Waals surface area contributed by atoms with Crippen molar-refractivity contribution >= 4 is 11.6 Å². The molecule has 0 fully saturated rings. The number of carbonyl (C=O) groups is 1. The lowest BCUT2D eigenvalue weighted by Crippen LogP contribution is -2.32. The topological polar surface area (TPSA) is 103 Å². The molecule has 0 aliphatic carbocycles. The van der Waals surface area contributed by atoms with Crippen molar-refractivity contribution in [3.8, 4) is 17.9 Å². The van der Waals surface area contributed by atoms with E-state index < -0.39 is 0 Å². The highest BCUT2D eigenvalue weighted by atomic mass is 16.5. The highest BCUT2D eigenvalue weighted by molar-refractivity contribution is 5.76. The molecule has 0 saturated heterocycles. The van der Waals surface area contributed by atoms with Crippen LogP contribution in [0, 0.1) is 22.7 Å². The Morgan fingerprint density at radius 2 is 1.89 bits per heavy atom. The number of para-hydroxylation sites is 2. The highest BCUT2D eigenvalue weighted by Gasteiger charge is 2.12. The van der Waals surface area contributed by atoms with Gasteiger partial charge >= 0.3 is 0 Å². The fourth-order valence-electron chi connectivity index (χ4n) is 1.42. The lowest BCUT2D eigenvalue weighted by Gasteiger charge is -2.16. The molecule has 0 heterocycles. The quantitative estimate of drug-likeness (QED) is 0.603. The van der Waals surface area contributed by atoms with Gasteiger partial charge in [-0.1, -0.05) is 12.1 Å². The van der Waals surface area contributed by atoms with E-state index in [1.807, 2.05) is 12.1 Å². The zero-order valence-corrected chi connectivity index (χ0v) is 10.4. The third-order valence-electron chi connectivity index (χ3n) is 2.37. The summed E-state index contributed by atoms with van der Waals surface area (Å²) in [5.74, 6) is 0.222. The number of nitrogens with two attached hydrogens (primary N) is 1. The Balaban J connectivity index is 2.44. The molecule has 6 heteroatoms. The van der Waals surface area contributed by atoms with Gasteiger partial charge in [0, 0.05) is 0 Å². The molecular weight excluding hydrogens is 244 g/mol. The first-order valence-corrected chi connectivity index (χ1v) is 5.68. The van der Waals surface area contributed by atoms with Gasteiger partial charge in [-0.3, -0.25) is 4.79 Å². The first-order chi connectivity index (χ1) is 9.19. The summed E-state index contributed by atoms with van der Waals surface area (Å²) in [6.07, 6.45) is 0.0949. The number of hydrogen-bond donors (Lipinski definition) is 1. The predicted octanol–water partition coefficient (Wildman–Crippen LogP) is 0.913. The Labute approximate surface area is 111 Å². The molecule has 19 heavy (non-hydrogen) atoms. The van der Waals surface area contributed by atoms with Crippen LogP contribution in [0.2, 0.25) is 0 Å². The van der Waals surface area contributed by atoms with Crippen molar-refractivity contribution < 1.29 is 9.53 Å². The Bertz CT molecular complexity index is 500. The van der Waals surface area contributed by atoms with E-state index >= 15 is 0 Å². The van der Waals surface area contributed by atoms with Gasteiger partial charge in [-0.2, -0.15) is 10.5 Å². The summed E-state index contributed by atoms with van der Waals surface area (Å²) in [5.41, 5.74) is 6.19. The van der Waals surface area contributed by atoms with Crippen molar-refractivity contribution in [2.75, 3.05) is 25.4 Å². The first kappa shape index (κ1) is 14.3. The highest BCUT2D eigenvalue weighted by Crippen LogP contribution is 2.19. The number of carbonyl (C=O) groups excluding carboxylic acids is 1. The smallest absolute Gasteiger partial charge is 0.227 e. The zero-order chi connectivity index (χ0) is 14.1. The number of nitrogens with zero attached hydrogens (tertiary/aromatic N) is 3. The zero-order valence-electron chi connectivity index (χ0n) is 10.4. The molecule has 0 radical (unpaired) electrons. The van der Waals surface area contributed by atoms with E-state index in [4.69, 9.17) is 21.0 Å². The van der Waals surface area contributed by atoms with E-state index in [0.29, 0.717) is 11.4 Å². The van der Waals surface area contributed by atoms with Gasteiger partial charge in [0.1, 0.15) is 18.8 Å². The maximum atomic E-state index is 11.7. The van der Waals surface area contributed by atoms with Gasteiger partial charge in [-0.15, -0.1) is 0 Å². The predicted molar refractivity (Wildman–Crippen MR) is 68.8 cm³/mol. The molecule has 0 aliphatic rings. The minimum absolute atomic E-state index is 0.0949. The van der Waals surface area contributed by atoms with Crippen LogP contribution in [0.3, 0.4) is 0 Å². The molecule has 2 N–H and O–H groups in total. The van der Waals surface area contributed by atoms with Crippen molar-refractivity contribution in [3.63, 3.8) is 0 Å². The van der Waals surface area contributed by atoms with Gasteiger partial charge in [0.25, 0.3) is 0 Å². The van der Waals surface area contributed by atoms with Crippen molar-refractivity contribution in [3.05, 3.63) is 24.3 Å². The molecule has 0 saturated carbocycles. The van der Waals surface area contributed by atoms with E-state index in [-0.39, 0.29) is 32.0 Å². The molecule has 98 valence electrons. The number of ether oxygens (including phenoxy) is 1. The largest absolute Gasteiger partial charge is 0.491 e. The lowest BCUT2D eigenvalue weighted by atomic mass is 10.3. The second-order valence-corrected chi connectivity index (χ2v) is 3.70. The molecule has 0 aliphatic heterocycles. The number of rotatable bonds is 6. The molecule has 1 amide bonds. The first-order valence-electron chi connectivity index (χ1n) is 5.68. The van der Waals surface area contributed by atoms with Crippen LogP contribution in [-0.4, -0.2) is 30.5 Å². The van der Waals surface area contributed by atoms with Gasteiger partial charge in [-0.05, 0) is 12.1 Å². The Morgan fingerprint density at radius 1 is 1.26 bits per heavy atom. The number of anilines is 1. The van der Waals surface area contributed by atoms with Crippen LogP contribution >= 0.6 is 0 Å². The molecule has 0 aromatic heterocycles. The van der Waals surface area contributed by atoms with Crippen molar-refractivity contribution in [1.29, 1.82) is 10.5 Å². The van der Waals surface area contributed by atoms with Gasteiger partial charge in [0.2, 0.25) is 5.91 Å². The van der Waals surface area contributed by atoms with Gasteiger partial charge < -0.3 is 15.4 Å². The summed E-state index contributed by atoms with van der Waals surface area (Å²) in [6, 6.07) is 10.7. The standard InChI is InChI=1S/C13H14N4O2/c14-6-8-17(9-7-15)13(18)5-10-19-12-4-2-1-3-11(12)16/h1-4H,5,8-10,16H2. The number of benzene rings is 1. The summed E-state index contributed by atoms with van der Waals surface area (Å²) in [6.45, 7) is -0.0415. The normalized spacial score (nSPS) is 9.16. The third-order valence-corrected chi connectivity index (χ3v) is 2.37. The van der Waals surface area contributed by atoms with E-state index in [1.165, 1.54) is 4.90 Å². The van der Waals surface area contributed by atoms with Crippen LogP contribution in [0.1, 0.15) is 6.42 Å². The summed E-state index contributed by atoms with van der Waals surface area (Å²) < 4.78 is 5.38. The summed E-state index contributed by atoms with van der Waals surface area (Å²) in [5, 5.41) is 17.1. The van der Waals surface area contributed by atoms with Crippen LogP contribution < -0.4 is 10.5 Å². The van der Waals surface area contributed by atoms with Crippen LogP contribution in [0.4, 0.5) is 5.69 Å². The lowest BCUT2D eigenvalue weighted by molar-refractivity contribution is -0.130. The molecule has 1 aromatic rings. The van der Waals surface area contributed by atoms with Gasteiger partial charge in [-0.25, -0.2) is 0 Å². The van der Waals surface area contributed by atoms with Crippen LogP contribution in [0.5, 0.6) is 5.75 Å². The monoisotopic (exact) mass is 258 g/mol. The number of hydrogen-bond acceptors (Lipinski definition) is 5. The van der Waals surface area contributed by atoms with E-state index in [2.05, 4.69) is 0 Å². The summed E-state index contributed by atoms with van der Waals surface area (Å²) >= 11 is 0. The maximum Gasteiger partial charge on any atom is 0.227 e. The molecule has 0 spiro atoms. The molecule has 0 unspecified atom stereocenters. The van der Waals surface area contributed by atoms with Gasteiger partial charge in [0.15, 0.2) is 0 Å². The third kappa shape index (κ3) is 4.57. The second-order valence-electron chi connectivity index (χ2n) is 3.70. The maximum absolute atomic E-state index is 11.7. The SMILES string of the molecule is N#CCN(CC#N)C(=O)CCOc1ccccc1N. The molecule has 0 atom stereocenters. The van der Waals surface area contributed by atoms with Gasteiger partial charge in [0.05, 0.1) is 30.9 Å². The fraction of sp³-hybridized carbons (Fsp3) is 0.308. The average Bonchev–Trinajstić information content (AvgIpc) is 2.40. The Morgan fingerprint density at radius 3 is 2.47 bits per heavy atom.